The van der Waals surface area contributed by atoms with E-state index in [1.54, 1.807) is 19.2 Å². The molecule has 5 heteroatoms. The second-order valence-electron chi connectivity index (χ2n) is 5.96. The molecule has 1 heterocycles. The van der Waals surface area contributed by atoms with Crippen LogP contribution in [0.4, 0.5) is 4.39 Å². The molecule has 4 nitrogen and oxygen atoms in total. The van der Waals surface area contributed by atoms with Crippen LogP contribution in [0.25, 0.3) is 0 Å². The summed E-state index contributed by atoms with van der Waals surface area (Å²) in [6.45, 7) is 1.78. The lowest BCUT2D eigenvalue weighted by atomic mass is 9.87. The Bertz CT molecular complexity index is 703. The number of halogens is 1. The first-order chi connectivity index (χ1) is 11.7. The average molecular weight is 328 g/mol. The topological polar surface area (TPSA) is 50.4 Å². The van der Waals surface area contributed by atoms with Crippen molar-refractivity contribution in [2.75, 3.05) is 20.2 Å². The molecule has 0 saturated carbocycles. The summed E-state index contributed by atoms with van der Waals surface area (Å²) in [7, 11) is 1.64. The highest BCUT2D eigenvalue weighted by atomic mass is 19.1. The van der Waals surface area contributed by atoms with Crippen LogP contribution in [0.3, 0.4) is 0 Å². The van der Waals surface area contributed by atoms with E-state index in [0.29, 0.717) is 13.1 Å². The molecule has 0 aliphatic carbocycles. The normalized spacial score (nSPS) is 19.9. The molecule has 126 valence electrons. The van der Waals surface area contributed by atoms with Gasteiger partial charge < -0.3 is 15.4 Å². The van der Waals surface area contributed by atoms with Crippen molar-refractivity contribution >= 4 is 5.91 Å². The van der Waals surface area contributed by atoms with Crippen molar-refractivity contribution in [2.45, 2.75) is 12.5 Å². The lowest BCUT2D eigenvalue weighted by Gasteiger charge is -2.20. The molecule has 1 aliphatic heterocycles. The van der Waals surface area contributed by atoms with Crippen LogP contribution in [0.5, 0.6) is 5.75 Å². The Morgan fingerprint density at radius 3 is 2.71 bits per heavy atom. The minimum absolute atomic E-state index is 0.000214. The highest BCUT2D eigenvalue weighted by molar-refractivity contribution is 5.80. The molecule has 0 unspecified atom stereocenters. The smallest absolute Gasteiger partial charge is 0.225 e. The molecule has 0 bridgehead atoms. The standard InChI is InChI=1S/C19H21FN2O2/c1-24-18-5-3-2-4-15(18)16-11-21-12-17(16)19(23)22-10-13-6-8-14(20)9-7-13/h2-9,16-17,21H,10-12H2,1H3,(H,22,23)/t16-,17+/m1/s1. The Kier molecular flexibility index (Phi) is 5.11. The molecule has 1 saturated heterocycles. The van der Waals surface area contributed by atoms with Gasteiger partial charge in [-0.25, -0.2) is 4.39 Å². The second-order valence-corrected chi connectivity index (χ2v) is 5.96. The van der Waals surface area contributed by atoms with Crippen LogP contribution >= 0.6 is 0 Å². The first-order valence-corrected chi connectivity index (χ1v) is 8.05. The van der Waals surface area contributed by atoms with Gasteiger partial charge in [0.25, 0.3) is 0 Å². The zero-order chi connectivity index (χ0) is 16.9. The van der Waals surface area contributed by atoms with Gasteiger partial charge in [0.2, 0.25) is 5.91 Å². The van der Waals surface area contributed by atoms with Gasteiger partial charge in [-0.3, -0.25) is 4.79 Å². The highest BCUT2D eigenvalue weighted by Crippen LogP contribution is 2.34. The zero-order valence-electron chi connectivity index (χ0n) is 13.6. The van der Waals surface area contributed by atoms with Gasteiger partial charge in [0.05, 0.1) is 13.0 Å². The van der Waals surface area contributed by atoms with Crippen LogP contribution in [0.1, 0.15) is 17.0 Å². The fourth-order valence-electron chi connectivity index (χ4n) is 3.18. The molecule has 2 aromatic rings. The van der Waals surface area contributed by atoms with Gasteiger partial charge in [-0.05, 0) is 29.3 Å². The summed E-state index contributed by atoms with van der Waals surface area (Å²) in [5, 5.41) is 6.25. The van der Waals surface area contributed by atoms with Gasteiger partial charge in [0.1, 0.15) is 11.6 Å². The SMILES string of the molecule is COc1ccccc1[C@H]1CNC[C@@H]1C(=O)NCc1ccc(F)cc1. The fourth-order valence-corrected chi connectivity index (χ4v) is 3.18. The molecule has 0 radical (unpaired) electrons. The van der Waals surface area contributed by atoms with Crippen LogP contribution in [0.15, 0.2) is 48.5 Å². The molecule has 2 atom stereocenters. The number of para-hydroxylation sites is 1. The van der Waals surface area contributed by atoms with Crippen molar-refractivity contribution in [3.63, 3.8) is 0 Å². The quantitative estimate of drug-likeness (QED) is 0.886. The number of methoxy groups -OCH3 is 1. The molecule has 0 aromatic heterocycles. The van der Waals surface area contributed by atoms with Crippen LogP contribution in [0, 0.1) is 11.7 Å². The van der Waals surface area contributed by atoms with Crippen molar-refractivity contribution in [1.82, 2.24) is 10.6 Å². The van der Waals surface area contributed by atoms with Crippen LogP contribution in [0.2, 0.25) is 0 Å². The molecule has 1 amide bonds. The van der Waals surface area contributed by atoms with Crippen LogP contribution < -0.4 is 15.4 Å². The summed E-state index contributed by atoms with van der Waals surface area (Å²) in [6.07, 6.45) is 0. The summed E-state index contributed by atoms with van der Waals surface area (Å²) in [6, 6.07) is 14.0. The number of benzene rings is 2. The van der Waals surface area contributed by atoms with E-state index < -0.39 is 0 Å². The summed E-state index contributed by atoms with van der Waals surface area (Å²) in [5.74, 6) is 0.459. The third kappa shape index (κ3) is 3.57. The van der Waals surface area contributed by atoms with E-state index in [9.17, 15) is 9.18 Å². The van der Waals surface area contributed by atoms with Gasteiger partial charge in [0, 0.05) is 25.6 Å². The van der Waals surface area contributed by atoms with Gasteiger partial charge >= 0.3 is 0 Å². The largest absolute Gasteiger partial charge is 0.496 e. The third-order valence-corrected chi connectivity index (χ3v) is 4.47. The molecule has 0 spiro atoms. The van der Waals surface area contributed by atoms with Gasteiger partial charge in [0.15, 0.2) is 0 Å². The highest BCUT2D eigenvalue weighted by Gasteiger charge is 2.35. The zero-order valence-corrected chi connectivity index (χ0v) is 13.6. The Balaban J connectivity index is 1.68. The Morgan fingerprint density at radius 1 is 1.21 bits per heavy atom. The maximum Gasteiger partial charge on any atom is 0.225 e. The molecule has 1 fully saturated rings. The van der Waals surface area contributed by atoms with E-state index in [2.05, 4.69) is 10.6 Å². The minimum atomic E-state index is -0.277. The lowest BCUT2D eigenvalue weighted by Crippen LogP contribution is -2.34. The predicted molar refractivity (Wildman–Crippen MR) is 90.3 cm³/mol. The Morgan fingerprint density at radius 2 is 1.96 bits per heavy atom. The van der Waals surface area contributed by atoms with Crippen molar-refractivity contribution in [3.05, 3.63) is 65.5 Å². The summed E-state index contributed by atoms with van der Waals surface area (Å²) in [5.41, 5.74) is 1.93. The molecule has 2 N–H and O–H groups in total. The maximum atomic E-state index is 12.9. The third-order valence-electron chi connectivity index (χ3n) is 4.47. The predicted octanol–water partition coefficient (Wildman–Crippen LogP) is 2.45. The summed E-state index contributed by atoms with van der Waals surface area (Å²) >= 11 is 0. The van der Waals surface area contributed by atoms with E-state index in [1.807, 2.05) is 24.3 Å². The number of hydrogen-bond donors (Lipinski definition) is 2. The van der Waals surface area contributed by atoms with Gasteiger partial charge in [-0.1, -0.05) is 30.3 Å². The average Bonchev–Trinajstić information content (AvgIpc) is 3.10. The molecule has 3 rings (SSSR count). The van der Waals surface area contributed by atoms with Crippen molar-refractivity contribution < 1.29 is 13.9 Å². The maximum absolute atomic E-state index is 12.9. The Labute approximate surface area is 141 Å². The first-order valence-electron chi connectivity index (χ1n) is 8.05. The van der Waals surface area contributed by atoms with Crippen LogP contribution in [-0.2, 0) is 11.3 Å². The molecule has 24 heavy (non-hydrogen) atoms. The molecular weight excluding hydrogens is 307 g/mol. The van der Waals surface area contributed by atoms with Crippen molar-refractivity contribution in [2.24, 2.45) is 5.92 Å². The number of amides is 1. The summed E-state index contributed by atoms with van der Waals surface area (Å²) in [4.78, 5) is 12.6. The Hall–Kier alpha value is -2.40. The van der Waals surface area contributed by atoms with E-state index in [4.69, 9.17) is 4.74 Å². The van der Waals surface area contributed by atoms with Crippen molar-refractivity contribution in [3.8, 4) is 5.75 Å². The molecule has 1 aliphatic rings. The molecular formula is C19H21FN2O2. The summed E-state index contributed by atoms with van der Waals surface area (Å²) < 4.78 is 18.4. The van der Waals surface area contributed by atoms with E-state index >= 15 is 0 Å². The second kappa shape index (κ2) is 7.45. The number of carbonyl (C=O) groups excluding carboxylic acids is 1. The number of carbonyl (C=O) groups is 1. The number of hydrogen-bond acceptors (Lipinski definition) is 3. The number of rotatable bonds is 5. The van der Waals surface area contributed by atoms with E-state index in [0.717, 1.165) is 23.4 Å². The number of nitrogens with one attached hydrogen (secondary N) is 2. The van der Waals surface area contributed by atoms with E-state index in [-0.39, 0.29) is 23.6 Å². The van der Waals surface area contributed by atoms with Gasteiger partial charge in [-0.2, -0.15) is 0 Å². The number of ether oxygens (including phenoxy) is 1. The van der Waals surface area contributed by atoms with Crippen molar-refractivity contribution in [1.29, 1.82) is 0 Å². The van der Waals surface area contributed by atoms with Gasteiger partial charge in [-0.15, -0.1) is 0 Å². The van der Waals surface area contributed by atoms with Crippen LogP contribution in [-0.4, -0.2) is 26.1 Å². The minimum Gasteiger partial charge on any atom is -0.496 e. The lowest BCUT2D eigenvalue weighted by molar-refractivity contribution is -0.125. The van der Waals surface area contributed by atoms with E-state index in [1.165, 1.54) is 12.1 Å². The molecule has 2 aromatic carbocycles. The monoisotopic (exact) mass is 328 g/mol. The first kappa shape index (κ1) is 16.5. The fraction of sp³-hybridized carbons (Fsp3) is 0.316.